The summed E-state index contributed by atoms with van der Waals surface area (Å²) in [7, 11) is 0. The maximum absolute atomic E-state index is 13.8. The van der Waals surface area contributed by atoms with E-state index in [9.17, 15) is 14.4 Å². The average molecular weight is 605 g/mol. The molecule has 2 aromatic rings. The molecule has 0 spiro atoms. The van der Waals surface area contributed by atoms with E-state index in [1.807, 2.05) is 45.0 Å². The van der Waals surface area contributed by atoms with Crippen molar-refractivity contribution in [2.75, 3.05) is 70.7 Å². The fraction of sp³-hybridized carbons (Fsp3) is 0.500. The van der Waals surface area contributed by atoms with Gasteiger partial charge in [0, 0.05) is 51.1 Å². The fourth-order valence-corrected chi connectivity index (χ4v) is 4.86. The number of hydrogen-bond acceptors (Lipinski definition) is 7. The minimum atomic E-state index is -0.405. The third-order valence-electron chi connectivity index (χ3n) is 6.80. The zero-order chi connectivity index (χ0) is 30.5. The van der Waals surface area contributed by atoms with Crippen LogP contribution in [0, 0.1) is 0 Å². The standard InChI is InChI=1S/C30H41ClN4O7/c1-4-40-15-12-33(13-16-41-5-2)28(37)19-32-30(39)34-21-23-8-6-7-9-27(23)35(20-22(34)3)29(38)25-11-10-24(18-26(25)31)42-17-14-36/h6-11,18,22,36H,4-5,12-17,19-21H2,1-3H3,(H,32,39)/t22-/m1/s1. The van der Waals surface area contributed by atoms with E-state index in [2.05, 4.69) is 5.32 Å². The lowest BCUT2D eigenvalue weighted by Gasteiger charge is -2.30. The number of carbonyl (C=O) groups is 3. The summed E-state index contributed by atoms with van der Waals surface area (Å²) in [6.07, 6.45) is 0. The molecule has 0 aliphatic carbocycles. The Morgan fingerprint density at radius 1 is 1.05 bits per heavy atom. The Balaban J connectivity index is 1.73. The molecule has 0 fully saturated rings. The summed E-state index contributed by atoms with van der Waals surface area (Å²) in [6, 6.07) is 11.4. The molecule has 11 nitrogen and oxygen atoms in total. The van der Waals surface area contributed by atoms with Gasteiger partial charge >= 0.3 is 6.03 Å². The predicted octanol–water partition coefficient (Wildman–Crippen LogP) is 3.17. The molecule has 2 aromatic carbocycles. The first-order chi connectivity index (χ1) is 20.3. The summed E-state index contributed by atoms with van der Waals surface area (Å²) in [6.45, 7) is 8.60. The molecule has 0 bridgehead atoms. The molecule has 42 heavy (non-hydrogen) atoms. The molecule has 2 N–H and O–H groups in total. The van der Waals surface area contributed by atoms with Crippen molar-refractivity contribution in [1.29, 1.82) is 0 Å². The maximum atomic E-state index is 13.8. The van der Waals surface area contributed by atoms with Crippen molar-refractivity contribution in [3.05, 3.63) is 58.6 Å². The second-order valence-corrected chi connectivity index (χ2v) is 10.1. The van der Waals surface area contributed by atoms with Crippen LogP contribution in [0.25, 0.3) is 0 Å². The van der Waals surface area contributed by atoms with Gasteiger partial charge < -0.3 is 39.3 Å². The summed E-state index contributed by atoms with van der Waals surface area (Å²) >= 11 is 6.47. The largest absolute Gasteiger partial charge is 0.491 e. The molecule has 4 amide bonds. The molecule has 1 atom stereocenters. The Morgan fingerprint density at radius 2 is 1.74 bits per heavy atom. The number of fused-ring (bicyclic) bond motifs is 1. The fourth-order valence-electron chi connectivity index (χ4n) is 4.60. The van der Waals surface area contributed by atoms with Gasteiger partial charge in [-0.25, -0.2) is 4.79 Å². The summed E-state index contributed by atoms with van der Waals surface area (Å²) in [4.78, 5) is 45.0. The van der Waals surface area contributed by atoms with Crippen molar-refractivity contribution < 1.29 is 33.7 Å². The van der Waals surface area contributed by atoms with E-state index in [0.29, 0.717) is 51.0 Å². The van der Waals surface area contributed by atoms with Crippen molar-refractivity contribution >= 4 is 35.1 Å². The number of rotatable bonds is 14. The van der Waals surface area contributed by atoms with Gasteiger partial charge in [0.05, 0.1) is 37.0 Å². The molecule has 0 unspecified atom stereocenters. The van der Waals surface area contributed by atoms with Crippen molar-refractivity contribution in [3.63, 3.8) is 0 Å². The van der Waals surface area contributed by atoms with Crippen LogP contribution in [0.4, 0.5) is 10.5 Å². The Bertz CT molecular complexity index is 1190. The quantitative estimate of drug-likeness (QED) is 0.318. The van der Waals surface area contributed by atoms with Crippen molar-refractivity contribution in [3.8, 4) is 5.75 Å². The van der Waals surface area contributed by atoms with Crippen LogP contribution < -0.4 is 15.0 Å². The lowest BCUT2D eigenvalue weighted by atomic mass is 10.1. The van der Waals surface area contributed by atoms with Gasteiger partial charge in [0.1, 0.15) is 12.4 Å². The van der Waals surface area contributed by atoms with Crippen LogP contribution in [0.2, 0.25) is 5.02 Å². The van der Waals surface area contributed by atoms with Crippen LogP contribution in [0.3, 0.4) is 0 Å². The lowest BCUT2D eigenvalue weighted by Crippen LogP contribution is -2.50. The predicted molar refractivity (Wildman–Crippen MR) is 160 cm³/mol. The zero-order valence-electron chi connectivity index (χ0n) is 24.5. The number of para-hydroxylation sites is 1. The van der Waals surface area contributed by atoms with Gasteiger partial charge in [-0.05, 0) is 50.6 Å². The Kier molecular flexibility index (Phi) is 13.3. The smallest absolute Gasteiger partial charge is 0.318 e. The number of aliphatic hydroxyl groups is 1. The molecule has 0 saturated heterocycles. The molecule has 0 saturated carbocycles. The Labute approximate surface area is 252 Å². The van der Waals surface area contributed by atoms with Crippen LogP contribution in [-0.2, 0) is 20.8 Å². The summed E-state index contributed by atoms with van der Waals surface area (Å²) in [5.41, 5.74) is 1.75. The number of anilines is 1. The van der Waals surface area contributed by atoms with Gasteiger partial charge in [0.25, 0.3) is 5.91 Å². The molecule has 3 rings (SSSR count). The van der Waals surface area contributed by atoms with Crippen LogP contribution >= 0.6 is 11.6 Å². The highest BCUT2D eigenvalue weighted by atomic mass is 35.5. The summed E-state index contributed by atoms with van der Waals surface area (Å²) in [5.74, 6) is -0.102. The lowest BCUT2D eigenvalue weighted by molar-refractivity contribution is -0.131. The Morgan fingerprint density at radius 3 is 2.38 bits per heavy atom. The van der Waals surface area contributed by atoms with Gasteiger partial charge in [0.15, 0.2) is 0 Å². The van der Waals surface area contributed by atoms with Crippen LogP contribution in [0.1, 0.15) is 36.7 Å². The van der Waals surface area contributed by atoms with E-state index in [1.165, 1.54) is 0 Å². The van der Waals surface area contributed by atoms with Gasteiger partial charge in [0.2, 0.25) is 5.91 Å². The van der Waals surface area contributed by atoms with E-state index in [-0.39, 0.29) is 61.3 Å². The van der Waals surface area contributed by atoms with Gasteiger partial charge in [-0.1, -0.05) is 29.8 Å². The first-order valence-corrected chi connectivity index (χ1v) is 14.6. The first-order valence-electron chi connectivity index (χ1n) is 14.2. The molecular formula is C30H41ClN4O7. The number of hydrogen-bond donors (Lipinski definition) is 2. The number of carbonyl (C=O) groups excluding carboxylic acids is 3. The highest BCUT2D eigenvalue weighted by Crippen LogP contribution is 2.31. The van der Waals surface area contributed by atoms with E-state index in [0.717, 1.165) is 5.56 Å². The highest BCUT2D eigenvalue weighted by molar-refractivity contribution is 6.34. The number of ether oxygens (including phenoxy) is 3. The van der Waals surface area contributed by atoms with Crippen molar-refractivity contribution in [2.24, 2.45) is 0 Å². The number of amides is 4. The van der Waals surface area contributed by atoms with Crippen molar-refractivity contribution in [1.82, 2.24) is 15.1 Å². The van der Waals surface area contributed by atoms with Gasteiger partial charge in [-0.15, -0.1) is 0 Å². The van der Waals surface area contributed by atoms with E-state index < -0.39 is 6.03 Å². The number of nitrogens with one attached hydrogen (secondary N) is 1. The van der Waals surface area contributed by atoms with Crippen LogP contribution in [-0.4, -0.2) is 105 Å². The molecular weight excluding hydrogens is 564 g/mol. The minimum absolute atomic E-state index is 0.114. The zero-order valence-corrected chi connectivity index (χ0v) is 25.3. The third kappa shape index (κ3) is 9.06. The van der Waals surface area contributed by atoms with Gasteiger partial charge in [-0.2, -0.15) is 0 Å². The van der Waals surface area contributed by atoms with Crippen LogP contribution in [0.5, 0.6) is 5.75 Å². The summed E-state index contributed by atoms with van der Waals surface area (Å²) in [5, 5.41) is 12.0. The second kappa shape index (κ2) is 16.9. The van der Waals surface area contributed by atoms with Crippen LogP contribution in [0.15, 0.2) is 42.5 Å². The Hall–Kier alpha value is -3.38. The SMILES string of the molecule is CCOCCN(CCOCC)C(=O)CNC(=O)N1Cc2ccccc2N(C(=O)c2ccc(OCCO)cc2Cl)C[C@H]1C. The number of halogens is 1. The highest BCUT2D eigenvalue weighted by Gasteiger charge is 2.32. The molecule has 12 heteroatoms. The number of benzene rings is 2. The number of nitrogens with zero attached hydrogens (tertiary/aromatic N) is 3. The molecule has 230 valence electrons. The van der Waals surface area contributed by atoms with Crippen molar-refractivity contribution in [2.45, 2.75) is 33.4 Å². The average Bonchev–Trinajstić information content (AvgIpc) is 3.14. The summed E-state index contributed by atoms with van der Waals surface area (Å²) < 4.78 is 16.2. The first kappa shape index (κ1) is 33.1. The maximum Gasteiger partial charge on any atom is 0.318 e. The molecule has 0 radical (unpaired) electrons. The monoisotopic (exact) mass is 604 g/mol. The minimum Gasteiger partial charge on any atom is -0.491 e. The number of urea groups is 1. The van der Waals surface area contributed by atoms with E-state index in [4.69, 9.17) is 30.9 Å². The normalized spacial score (nSPS) is 14.6. The molecule has 1 aliphatic heterocycles. The molecule has 1 heterocycles. The molecule has 1 aliphatic rings. The van der Waals surface area contributed by atoms with E-state index in [1.54, 1.807) is 32.9 Å². The van der Waals surface area contributed by atoms with Gasteiger partial charge in [-0.3, -0.25) is 9.59 Å². The topological polar surface area (TPSA) is 121 Å². The molecule has 0 aromatic heterocycles. The third-order valence-corrected chi connectivity index (χ3v) is 7.11. The van der Waals surface area contributed by atoms with E-state index >= 15 is 0 Å². The number of aliphatic hydroxyl groups excluding tert-OH is 1. The second-order valence-electron chi connectivity index (χ2n) is 9.67.